The Morgan fingerprint density at radius 2 is 1.30 bits per heavy atom. The van der Waals surface area contributed by atoms with Crippen LogP contribution in [0.15, 0.2) is 11.6 Å². The molecule has 0 aliphatic carbocycles. The van der Waals surface area contributed by atoms with E-state index in [9.17, 15) is 9.59 Å². The molecule has 0 radical (unpaired) electrons. The van der Waals surface area contributed by atoms with Crippen LogP contribution in [0.1, 0.15) is 48.5 Å². The van der Waals surface area contributed by atoms with Gasteiger partial charge in [-0.05, 0) is 42.8 Å². The summed E-state index contributed by atoms with van der Waals surface area (Å²) < 4.78 is 10.7. The molecule has 0 aliphatic rings. The van der Waals surface area contributed by atoms with Gasteiger partial charge in [0.25, 0.3) is 8.32 Å². The van der Waals surface area contributed by atoms with E-state index >= 15 is 0 Å². The first-order valence-corrected chi connectivity index (χ1v) is 11.0. The molecule has 0 bridgehead atoms. The highest BCUT2D eigenvalue weighted by molar-refractivity contribution is 6.75. The Hall–Kier alpha value is -1.10. The Bertz CT molecular complexity index is 398. The van der Waals surface area contributed by atoms with Gasteiger partial charge in [0.2, 0.25) is 0 Å². The molecule has 0 saturated heterocycles. The van der Waals surface area contributed by atoms with Gasteiger partial charge in [0.1, 0.15) is 0 Å². The summed E-state index contributed by atoms with van der Waals surface area (Å²) in [4.78, 5) is 23.8. The van der Waals surface area contributed by atoms with Crippen molar-refractivity contribution in [2.45, 2.75) is 66.6 Å². The molecule has 0 fully saturated rings. The lowest BCUT2D eigenvalue weighted by Gasteiger charge is -2.35. The topological polar surface area (TPSA) is 52.6 Å². The molecule has 0 N–H and O–H groups in total. The van der Waals surface area contributed by atoms with Crippen molar-refractivity contribution in [1.82, 2.24) is 0 Å². The van der Waals surface area contributed by atoms with Crippen molar-refractivity contribution in [2.75, 3.05) is 7.11 Å². The standard InChI is InChI=1S/C18H34O4Si/c1-13(2)10-23(11-14(3)4,12-15(5)6)22-18(20)16(7)9-17(19)21-8/h9,13-15H,10-12H2,1-8H3/b16-9-. The molecule has 0 atom stereocenters. The van der Waals surface area contributed by atoms with E-state index in [0.717, 1.165) is 18.1 Å². The fraction of sp³-hybridized carbons (Fsp3) is 0.778. The summed E-state index contributed by atoms with van der Waals surface area (Å²) in [7, 11) is -0.916. The van der Waals surface area contributed by atoms with Gasteiger partial charge in [-0.25, -0.2) is 9.59 Å². The Morgan fingerprint density at radius 1 is 0.913 bits per heavy atom. The van der Waals surface area contributed by atoms with Crippen LogP contribution in [-0.4, -0.2) is 27.4 Å². The van der Waals surface area contributed by atoms with Crippen molar-refractivity contribution in [1.29, 1.82) is 0 Å². The van der Waals surface area contributed by atoms with Crippen molar-refractivity contribution in [3.05, 3.63) is 11.6 Å². The molecular formula is C18H34O4Si. The Morgan fingerprint density at radius 3 is 1.61 bits per heavy atom. The second kappa shape index (κ2) is 9.91. The highest BCUT2D eigenvalue weighted by Crippen LogP contribution is 2.33. The van der Waals surface area contributed by atoms with E-state index in [2.05, 4.69) is 46.3 Å². The Kier molecular flexibility index (Phi) is 9.43. The van der Waals surface area contributed by atoms with Crippen LogP contribution in [0.3, 0.4) is 0 Å². The molecule has 0 rings (SSSR count). The predicted molar refractivity (Wildman–Crippen MR) is 96.6 cm³/mol. The SMILES string of the molecule is COC(=O)/C=C(/C)C(=O)O[Si](CC(C)C)(CC(C)C)CC(C)C. The fourth-order valence-electron chi connectivity index (χ4n) is 3.18. The zero-order valence-electron chi connectivity index (χ0n) is 16.1. The third-order valence-corrected chi connectivity index (χ3v) is 8.81. The summed E-state index contributed by atoms with van der Waals surface area (Å²) >= 11 is 0. The van der Waals surface area contributed by atoms with Crippen LogP contribution in [0.5, 0.6) is 0 Å². The van der Waals surface area contributed by atoms with Crippen LogP contribution in [0.25, 0.3) is 0 Å². The minimum Gasteiger partial charge on any atom is -0.516 e. The molecule has 134 valence electrons. The molecular weight excluding hydrogens is 308 g/mol. The van der Waals surface area contributed by atoms with Crippen LogP contribution >= 0.6 is 0 Å². The number of rotatable bonds is 9. The molecule has 0 aromatic carbocycles. The second-order valence-corrected chi connectivity index (χ2v) is 11.5. The smallest absolute Gasteiger partial charge is 0.330 e. The van der Waals surface area contributed by atoms with E-state index in [4.69, 9.17) is 4.43 Å². The van der Waals surface area contributed by atoms with Crippen LogP contribution in [0.2, 0.25) is 18.1 Å². The summed E-state index contributed by atoms with van der Waals surface area (Å²) in [6, 6.07) is 2.88. The van der Waals surface area contributed by atoms with Crippen LogP contribution in [0, 0.1) is 17.8 Å². The average molecular weight is 343 g/mol. The van der Waals surface area contributed by atoms with Gasteiger partial charge in [0.15, 0.2) is 0 Å². The molecule has 0 heterocycles. The van der Waals surface area contributed by atoms with Gasteiger partial charge < -0.3 is 9.16 Å². The third-order valence-electron chi connectivity index (χ3n) is 3.51. The van der Waals surface area contributed by atoms with Gasteiger partial charge in [-0.15, -0.1) is 0 Å². The monoisotopic (exact) mass is 342 g/mol. The summed E-state index contributed by atoms with van der Waals surface area (Å²) in [5.41, 5.74) is 0.310. The summed E-state index contributed by atoms with van der Waals surface area (Å²) in [6.07, 6.45) is 1.21. The van der Waals surface area contributed by atoms with Gasteiger partial charge in [0.05, 0.1) is 7.11 Å². The quantitative estimate of drug-likeness (QED) is 0.350. The molecule has 0 aromatic rings. The first-order valence-electron chi connectivity index (χ1n) is 8.51. The first kappa shape index (κ1) is 21.9. The number of methoxy groups -OCH3 is 1. The molecule has 0 saturated carbocycles. The number of hydrogen-bond acceptors (Lipinski definition) is 4. The summed E-state index contributed by atoms with van der Waals surface area (Å²) in [6.45, 7) is 14.7. The van der Waals surface area contributed by atoms with Crippen LogP contribution in [-0.2, 0) is 18.8 Å². The lowest BCUT2D eigenvalue weighted by Crippen LogP contribution is -2.44. The molecule has 0 spiro atoms. The lowest BCUT2D eigenvalue weighted by atomic mass is 10.2. The molecule has 4 nitrogen and oxygen atoms in total. The number of ether oxygens (including phenoxy) is 1. The van der Waals surface area contributed by atoms with E-state index in [0.29, 0.717) is 23.3 Å². The molecule has 0 aromatic heterocycles. The van der Waals surface area contributed by atoms with Gasteiger partial charge in [0, 0.05) is 11.6 Å². The Labute approximate surface area is 142 Å². The zero-order chi connectivity index (χ0) is 18.2. The highest BCUT2D eigenvalue weighted by Gasteiger charge is 2.40. The molecule has 0 amide bonds. The van der Waals surface area contributed by atoms with Gasteiger partial charge >= 0.3 is 11.9 Å². The maximum Gasteiger partial charge on any atom is 0.330 e. The summed E-state index contributed by atoms with van der Waals surface area (Å²) in [5.74, 6) is 0.554. The summed E-state index contributed by atoms with van der Waals surface area (Å²) in [5, 5.41) is 0. The predicted octanol–water partition coefficient (Wildman–Crippen LogP) is 4.56. The van der Waals surface area contributed by atoms with Gasteiger partial charge in [-0.3, -0.25) is 0 Å². The van der Waals surface area contributed by atoms with E-state index in [1.165, 1.54) is 13.2 Å². The minimum atomic E-state index is -2.21. The Balaban J connectivity index is 5.43. The van der Waals surface area contributed by atoms with Crippen molar-refractivity contribution in [2.24, 2.45) is 17.8 Å². The van der Waals surface area contributed by atoms with E-state index in [1.54, 1.807) is 6.92 Å². The van der Waals surface area contributed by atoms with Gasteiger partial charge in [-0.2, -0.15) is 0 Å². The average Bonchev–Trinajstić information content (AvgIpc) is 2.35. The van der Waals surface area contributed by atoms with Crippen LogP contribution in [0.4, 0.5) is 0 Å². The van der Waals surface area contributed by atoms with E-state index < -0.39 is 14.3 Å². The van der Waals surface area contributed by atoms with Crippen LogP contribution < -0.4 is 0 Å². The third kappa shape index (κ3) is 8.94. The van der Waals surface area contributed by atoms with Crippen molar-refractivity contribution >= 4 is 20.3 Å². The maximum atomic E-state index is 12.5. The van der Waals surface area contributed by atoms with Crippen molar-refractivity contribution < 1.29 is 18.8 Å². The number of carbonyl (C=O) groups is 2. The highest BCUT2D eigenvalue weighted by atomic mass is 28.4. The fourth-order valence-corrected chi connectivity index (χ4v) is 8.95. The van der Waals surface area contributed by atoms with Gasteiger partial charge in [-0.1, -0.05) is 41.5 Å². The zero-order valence-corrected chi connectivity index (χ0v) is 17.1. The normalized spacial score (nSPS) is 12.9. The van der Waals surface area contributed by atoms with Crippen molar-refractivity contribution in [3.8, 4) is 0 Å². The molecule has 5 heteroatoms. The maximum absolute atomic E-state index is 12.5. The number of hydrogen-bond donors (Lipinski definition) is 0. The van der Waals surface area contributed by atoms with Crippen molar-refractivity contribution in [3.63, 3.8) is 0 Å². The molecule has 23 heavy (non-hydrogen) atoms. The lowest BCUT2D eigenvalue weighted by molar-refractivity contribution is -0.136. The van der Waals surface area contributed by atoms with E-state index in [-0.39, 0.29) is 5.97 Å². The van der Waals surface area contributed by atoms with E-state index in [1.807, 2.05) is 0 Å². The number of carbonyl (C=O) groups excluding carboxylic acids is 2. The molecule has 0 aliphatic heterocycles. The number of esters is 1. The largest absolute Gasteiger partial charge is 0.516 e. The second-order valence-electron chi connectivity index (χ2n) is 7.72. The minimum absolute atomic E-state index is 0.310. The first-order chi connectivity index (χ1) is 10.5. The molecule has 0 unspecified atom stereocenters.